The molecule has 0 spiro atoms. The lowest BCUT2D eigenvalue weighted by Crippen LogP contribution is -2.40. The third-order valence-electron chi connectivity index (χ3n) is 4.95. The van der Waals surface area contributed by atoms with Crippen LogP contribution in [0.1, 0.15) is 31.2 Å². The number of ether oxygens (including phenoxy) is 1. The summed E-state index contributed by atoms with van der Waals surface area (Å²) >= 11 is 0. The van der Waals surface area contributed by atoms with Gasteiger partial charge in [-0.15, -0.1) is 0 Å². The van der Waals surface area contributed by atoms with E-state index in [-0.39, 0.29) is 17.9 Å². The third-order valence-corrected chi connectivity index (χ3v) is 4.95. The highest BCUT2D eigenvalue weighted by Crippen LogP contribution is 2.28. The predicted octanol–water partition coefficient (Wildman–Crippen LogP) is 2.18. The number of nitrogens with two attached hydrogens (primary N) is 1. The summed E-state index contributed by atoms with van der Waals surface area (Å²) in [5.74, 6) is 0.796. The molecule has 3 unspecified atom stereocenters. The number of hydrogen-bond acceptors (Lipinski definition) is 3. The quantitative estimate of drug-likeness (QED) is 0.907. The Hall–Kier alpha value is -1.39. The van der Waals surface area contributed by atoms with Gasteiger partial charge in [0.1, 0.15) is 0 Å². The average Bonchev–Trinajstić information content (AvgIpc) is 3.17. The van der Waals surface area contributed by atoms with E-state index in [4.69, 9.17) is 10.5 Å². The molecule has 1 aromatic carbocycles. The van der Waals surface area contributed by atoms with Gasteiger partial charge in [-0.05, 0) is 24.8 Å². The van der Waals surface area contributed by atoms with E-state index >= 15 is 0 Å². The first kappa shape index (κ1) is 15.5. The minimum atomic E-state index is 0.0592. The van der Waals surface area contributed by atoms with Crippen molar-refractivity contribution in [2.75, 3.05) is 19.7 Å². The number of hydrogen-bond donors (Lipinski definition) is 1. The lowest BCUT2D eigenvalue weighted by molar-refractivity contribution is -0.134. The Morgan fingerprint density at radius 1 is 1.23 bits per heavy atom. The Morgan fingerprint density at radius 2 is 2.05 bits per heavy atom. The van der Waals surface area contributed by atoms with Gasteiger partial charge < -0.3 is 15.4 Å². The van der Waals surface area contributed by atoms with Crippen LogP contribution in [0.5, 0.6) is 0 Å². The maximum absolute atomic E-state index is 12.5. The maximum atomic E-state index is 12.5. The zero-order valence-electron chi connectivity index (χ0n) is 13.1. The molecule has 1 aliphatic carbocycles. The summed E-state index contributed by atoms with van der Waals surface area (Å²) in [5, 5.41) is 0. The highest BCUT2D eigenvalue weighted by Gasteiger charge is 2.36. The molecule has 3 atom stereocenters. The number of amides is 1. The molecule has 4 heteroatoms. The standard InChI is InChI=1S/C18H26N2O2/c19-17-8-4-7-16(17)18(21)20-10-9-15(11-20)13-22-12-14-5-2-1-3-6-14/h1-3,5-6,15-17H,4,7-13,19H2. The first-order valence-electron chi connectivity index (χ1n) is 8.40. The van der Waals surface area contributed by atoms with Crippen LogP contribution in [0.4, 0.5) is 0 Å². The van der Waals surface area contributed by atoms with E-state index in [0.717, 1.165) is 45.4 Å². The highest BCUT2D eigenvalue weighted by atomic mass is 16.5. The van der Waals surface area contributed by atoms with Gasteiger partial charge >= 0.3 is 0 Å². The van der Waals surface area contributed by atoms with Crippen molar-refractivity contribution in [2.45, 2.75) is 38.3 Å². The van der Waals surface area contributed by atoms with Gasteiger partial charge in [0, 0.05) is 25.0 Å². The van der Waals surface area contributed by atoms with Crippen molar-refractivity contribution in [1.82, 2.24) is 4.90 Å². The molecule has 1 saturated heterocycles. The molecule has 22 heavy (non-hydrogen) atoms. The third kappa shape index (κ3) is 3.68. The van der Waals surface area contributed by atoms with E-state index < -0.39 is 0 Å². The van der Waals surface area contributed by atoms with Gasteiger partial charge in [-0.25, -0.2) is 0 Å². The maximum Gasteiger partial charge on any atom is 0.227 e. The molecule has 2 N–H and O–H groups in total. The fourth-order valence-electron chi connectivity index (χ4n) is 3.62. The molecule has 0 bridgehead atoms. The van der Waals surface area contributed by atoms with Crippen LogP contribution in [-0.2, 0) is 16.1 Å². The number of likely N-dealkylation sites (tertiary alicyclic amines) is 1. The molecule has 3 rings (SSSR count). The Bertz CT molecular complexity index is 491. The second-order valence-corrected chi connectivity index (χ2v) is 6.64. The summed E-state index contributed by atoms with van der Waals surface area (Å²) in [4.78, 5) is 14.5. The van der Waals surface area contributed by atoms with Crippen LogP contribution in [0, 0.1) is 11.8 Å². The second kappa shape index (κ2) is 7.25. The van der Waals surface area contributed by atoms with Gasteiger partial charge in [-0.3, -0.25) is 4.79 Å². The van der Waals surface area contributed by atoms with Crippen molar-refractivity contribution in [3.8, 4) is 0 Å². The van der Waals surface area contributed by atoms with Gasteiger partial charge in [0.25, 0.3) is 0 Å². The Balaban J connectivity index is 1.41. The fourth-order valence-corrected chi connectivity index (χ4v) is 3.62. The molecule has 4 nitrogen and oxygen atoms in total. The largest absolute Gasteiger partial charge is 0.376 e. The summed E-state index contributed by atoms with van der Waals surface area (Å²) in [5.41, 5.74) is 7.25. The lowest BCUT2D eigenvalue weighted by Gasteiger charge is -2.23. The summed E-state index contributed by atoms with van der Waals surface area (Å²) in [6.07, 6.45) is 4.09. The molecular formula is C18H26N2O2. The first-order chi connectivity index (χ1) is 10.7. The van der Waals surface area contributed by atoms with E-state index in [1.54, 1.807) is 0 Å². The molecule has 120 valence electrons. The number of nitrogens with zero attached hydrogens (tertiary/aromatic N) is 1. The SMILES string of the molecule is NC1CCCC1C(=O)N1CCC(COCc2ccccc2)C1. The molecule has 1 saturated carbocycles. The molecule has 1 aromatic rings. The van der Waals surface area contributed by atoms with Crippen molar-refractivity contribution < 1.29 is 9.53 Å². The molecule has 1 heterocycles. The zero-order valence-corrected chi connectivity index (χ0v) is 13.1. The molecule has 1 amide bonds. The summed E-state index contributed by atoms with van der Waals surface area (Å²) in [7, 11) is 0. The molecule has 0 radical (unpaired) electrons. The zero-order chi connectivity index (χ0) is 15.4. The van der Waals surface area contributed by atoms with Crippen molar-refractivity contribution in [1.29, 1.82) is 0 Å². The van der Waals surface area contributed by atoms with Crippen molar-refractivity contribution in [3.63, 3.8) is 0 Å². The van der Waals surface area contributed by atoms with Crippen LogP contribution in [0.2, 0.25) is 0 Å². The average molecular weight is 302 g/mol. The lowest BCUT2D eigenvalue weighted by atomic mass is 10.0. The van der Waals surface area contributed by atoms with Crippen molar-refractivity contribution in [3.05, 3.63) is 35.9 Å². The smallest absolute Gasteiger partial charge is 0.227 e. The van der Waals surface area contributed by atoms with Crippen LogP contribution < -0.4 is 5.73 Å². The van der Waals surface area contributed by atoms with Crippen LogP contribution >= 0.6 is 0 Å². The second-order valence-electron chi connectivity index (χ2n) is 6.64. The topological polar surface area (TPSA) is 55.6 Å². The van der Waals surface area contributed by atoms with E-state index in [2.05, 4.69) is 12.1 Å². The molecular weight excluding hydrogens is 276 g/mol. The minimum absolute atomic E-state index is 0.0592. The summed E-state index contributed by atoms with van der Waals surface area (Å²) in [6.45, 7) is 3.08. The van der Waals surface area contributed by atoms with Crippen LogP contribution in [0.3, 0.4) is 0 Å². The van der Waals surface area contributed by atoms with Gasteiger partial charge in [0.05, 0.1) is 19.1 Å². The van der Waals surface area contributed by atoms with E-state index in [1.165, 1.54) is 5.56 Å². The Labute approximate surface area is 132 Å². The molecule has 2 aliphatic rings. The van der Waals surface area contributed by atoms with Gasteiger partial charge in [0.15, 0.2) is 0 Å². The minimum Gasteiger partial charge on any atom is -0.376 e. The number of carbonyl (C=O) groups excluding carboxylic acids is 1. The van der Waals surface area contributed by atoms with Gasteiger partial charge in [-0.1, -0.05) is 36.8 Å². The Morgan fingerprint density at radius 3 is 2.77 bits per heavy atom. The molecule has 1 aliphatic heterocycles. The normalized spacial score (nSPS) is 28.2. The number of carbonyl (C=O) groups is 1. The highest BCUT2D eigenvalue weighted by molar-refractivity contribution is 5.80. The summed E-state index contributed by atoms with van der Waals surface area (Å²) in [6, 6.07) is 10.3. The van der Waals surface area contributed by atoms with Crippen LogP contribution in [0.25, 0.3) is 0 Å². The Kier molecular flexibility index (Phi) is 5.11. The molecule has 0 aromatic heterocycles. The van der Waals surface area contributed by atoms with E-state index in [1.807, 2.05) is 23.1 Å². The molecule has 2 fully saturated rings. The van der Waals surface area contributed by atoms with Gasteiger partial charge in [-0.2, -0.15) is 0 Å². The predicted molar refractivity (Wildman–Crippen MR) is 86.1 cm³/mol. The van der Waals surface area contributed by atoms with Crippen LogP contribution in [0.15, 0.2) is 30.3 Å². The van der Waals surface area contributed by atoms with E-state index in [9.17, 15) is 4.79 Å². The van der Waals surface area contributed by atoms with Crippen molar-refractivity contribution in [2.24, 2.45) is 17.6 Å². The van der Waals surface area contributed by atoms with Crippen molar-refractivity contribution >= 4 is 5.91 Å². The monoisotopic (exact) mass is 302 g/mol. The van der Waals surface area contributed by atoms with Crippen LogP contribution in [-0.4, -0.2) is 36.5 Å². The first-order valence-corrected chi connectivity index (χ1v) is 8.40. The van der Waals surface area contributed by atoms with Gasteiger partial charge in [0.2, 0.25) is 5.91 Å². The number of benzene rings is 1. The number of rotatable bonds is 5. The fraction of sp³-hybridized carbons (Fsp3) is 0.611. The summed E-state index contributed by atoms with van der Waals surface area (Å²) < 4.78 is 5.82. The van der Waals surface area contributed by atoms with E-state index in [0.29, 0.717) is 12.5 Å².